The van der Waals surface area contributed by atoms with Crippen molar-refractivity contribution in [1.82, 2.24) is 9.97 Å². The first-order valence-electron chi connectivity index (χ1n) is 7.56. The van der Waals surface area contributed by atoms with Gasteiger partial charge in [0.2, 0.25) is 0 Å². The Kier molecular flexibility index (Phi) is 5.12. The van der Waals surface area contributed by atoms with Crippen LogP contribution in [0.25, 0.3) is 20.5 Å². The van der Waals surface area contributed by atoms with E-state index >= 15 is 0 Å². The number of thiazole rings is 2. The van der Waals surface area contributed by atoms with E-state index in [-0.39, 0.29) is 6.61 Å². The van der Waals surface area contributed by atoms with Crippen LogP contribution in [0.15, 0.2) is 52.5 Å². The fourth-order valence-corrected chi connectivity index (χ4v) is 4.95. The van der Waals surface area contributed by atoms with Crippen LogP contribution in [-0.4, -0.2) is 15.9 Å². The highest BCUT2D eigenvalue weighted by atomic mass is 35.5. The number of hydrogen-bond donors (Lipinski definition) is 0. The maximum Gasteiger partial charge on any atom is 0.358 e. The van der Waals surface area contributed by atoms with Crippen molar-refractivity contribution in [3.05, 3.63) is 68.9 Å². The van der Waals surface area contributed by atoms with Gasteiger partial charge in [0.1, 0.15) is 16.6 Å². The van der Waals surface area contributed by atoms with E-state index in [0.29, 0.717) is 16.4 Å². The molecule has 0 saturated heterocycles. The molecule has 0 radical (unpaired) electrons. The summed E-state index contributed by atoms with van der Waals surface area (Å²) in [6, 6.07) is 11.5. The van der Waals surface area contributed by atoms with Gasteiger partial charge in [-0.15, -0.1) is 34.0 Å². The number of carbonyl (C=O) groups excluding carboxylic acids is 1. The average Bonchev–Trinajstić information content (AvgIpc) is 3.40. The van der Waals surface area contributed by atoms with Crippen LogP contribution in [0.2, 0.25) is 5.02 Å². The van der Waals surface area contributed by atoms with Crippen molar-refractivity contribution >= 4 is 51.6 Å². The molecule has 0 fully saturated rings. The number of nitrogens with zero attached hydrogens (tertiary/aromatic N) is 2. The highest BCUT2D eigenvalue weighted by molar-refractivity contribution is 7.20. The van der Waals surface area contributed by atoms with Crippen molar-refractivity contribution in [2.45, 2.75) is 6.61 Å². The largest absolute Gasteiger partial charge is 0.454 e. The Bertz CT molecular complexity index is 1040. The molecule has 0 aliphatic carbocycles. The molecule has 4 nitrogen and oxygen atoms in total. The molecule has 0 saturated carbocycles. The molecule has 0 N–H and O–H groups in total. The predicted molar refractivity (Wildman–Crippen MR) is 107 cm³/mol. The molecule has 0 spiro atoms. The molecule has 0 unspecified atom stereocenters. The molecule has 0 bridgehead atoms. The zero-order valence-electron chi connectivity index (χ0n) is 13.2. The second-order valence-electron chi connectivity index (χ2n) is 5.22. The van der Waals surface area contributed by atoms with E-state index in [1.54, 1.807) is 16.7 Å². The van der Waals surface area contributed by atoms with Crippen molar-refractivity contribution < 1.29 is 9.53 Å². The van der Waals surface area contributed by atoms with Gasteiger partial charge >= 0.3 is 5.97 Å². The summed E-state index contributed by atoms with van der Waals surface area (Å²) in [4.78, 5) is 22.1. The number of rotatable bonds is 5. The number of benzene rings is 1. The third-order valence-electron chi connectivity index (χ3n) is 3.45. The Morgan fingerprint density at radius 3 is 2.65 bits per heavy atom. The van der Waals surface area contributed by atoms with E-state index in [9.17, 15) is 4.79 Å². The normalized spacial score (nSPS) is 10.8. The quantitative estimate of drug-likeness (QED) is 0.372. The summed E-state index contributed by atoms with van der Waals surface area (Å²) in [5, 5.41) is 7.83. The second-order valence-corrected chi connectivity index (χ2v) is 8.29. The molecule has 4 aromatic rings. The van der Waals surface area contributed by atoms with E-state index in [2.05, 4.69) is 9.97 Å². The molecule has 3 aromatic heterocycles. The van der Waals surface area contributed by atoms with Gasteiger partial charge in [0, 0.05) is 16.3 Å². The zero-order valence-corrected chi connectivity index (χ0v) is 16.4. The molecule has 0 aliphatic heterocycles. The highest BCUT2D eigenvalue weighted by Gasteiger charge is 2.15. The standard InChI is InChI=1S/C18H11ClN2O2S3/c19-13-5-2-1-4-12(13)16-20-11(9-25-16)8-23-18(22)14-10-26-17(21-14)15-6-3-7-24-15/h1-7,9-10H,8H2. The minimum Gasteiger partial charge on any atom is -0.454 e. The predicted octanol–water partition coefficient (Wildman–Crippen LogP) is 6.01. The van der Waals surface area contributed by atoms with Crippen LogP contribution in [0.4, 0.5) is 0 Å². The lowest BCUT2D eigenvalue weighted by molar-refractivity contribution is 0.0462. The molecule has 0 amide bonds. The molecule has 3 heterocycles. The number of esters is 1. The first kappa shape index (κ1) is 17.4. The summed E-state index contributed by atoms with van der Waals surface area (Å²) in [6.45, 7) is 0.103. The smallest absolute Gasteiger partial charge is 0.358 e. The number of aromatic nitrogens is 2. The van der Waals surface area contributed by atoms with E-state index in [1.165, 1.54) is 22.7 Å². The lowest BCUT2D eigenvalue weighted by Crippen LogP contribution is -2.05. The van der Waals surface area contributed by atoms with Crippen molar-refractivity contribution in [1.29, 1.82) is 0 Å². The van der Waals surface area contributed by atoms with Gasteiger partial charge in [0.15, 0.2) is 5.69 Å². The Morgan fingerprint density at radius 1 is 1.00 bits per heavy atom. The van der Waals surface area contributed by atoms with Crippen LogP contribution in [0, 0.1) is 0 Å². The van der Waals surface area contributed by atoms with E-state index < -0.39 is 5.97 Å². The maximum atomic E-state index is 12.2. The molecule has 0 aliphatic rings. The molecule has 130 valence electrons. The Labute approximate surface area is 166 Å². The van der Waals surface area contributed by atoms with Gasteiger partial charge in [0.05, 0.1) is 15.6 Å². The van der Waals surface area contributed by atoms with Crippen LogP contribution in [0.3, 0.4) is 0 Å². The number of carbonyl (C=O) groups is 1. The van der Waals surface area contributed by atoms with Gasteiger partial charge < -0.3 is 4.74 Å². The summed E-state index contributed by atoms with van der Waals surface area (Å²) in [5.41, 5.74) is 1.88. The molecule has 1 aromatic carbocycles. The second kappa shape index (κ2) is 7.67. The van der Waals surface area contributed by atoms with Gasteiger partial charge in [-0.05, 0) is 17.5 Å². The van der Waals surface area contributed by atoms with Crippen molar-refractivity contribution in [2.24, 2.45) is 0 Å². The number of thiophene rings is 1. The number of ether oxygens (including phenoxy) is 1. The minimum atomic E-state index is -0.448. The monoisotopic (exact) mass is 418 g/mol. The molecule has 26 heavy (non-hydrogen) atoms. The number of halogens is 1. The fraction of sp³-hybridized carbons (Fsp3) is 0.0556. The Morgan fingerprint density at radius 2 is 1.85 bits per heavy atom. The van der Waals surface area contributed by atoms with Crippen LogP contribution >= 0.6 is 45.6 Å². The summed E-state index contributed by atoms with van der Waals surface area (Å²) in [6.07, 6.45) is 0. The third-order valence-corrected chi connectivity index (χ3v) is 6.59. The lowest BCUT2D eigenvalue weighted by atomic mass is 10.2. The van der Waals surface area contributed by atoms with E-state index in [0.717, 1.165) is 20.5 Å². The molecule has 0 atom stereocenters. The van der Waals surface area contributed by atoms with Crippen molar-refractivity contribution in [3.63, 3.8) is 0 Å². The molecular formula is C18H11ClN2O2S3. The van der Waals surface area contributed by atoms with Crippen LogP contribution < -0.4 is 0 Å². The van der Waals surface area contributed by atoms with Gasteiger partial charge in [-0.1, -0.05) is 35.9 Å². The first-order valence-corrected chi connectivity index (χ1v) is 10.6. The maximum absolute atomic E-state index is 12.2. The number of hydrogen-bond acceptors (Lipinski definition) is 7. The zero-order chi connectivity index (χ0) is 17.9. The van der Waals surface area contributed by atoms with Crippen LogP contribution in [0.5, 0.6) is 0 Å². The third kappa shape index (κ3) is 3.71. The summed E-state index contributed by atoms with van der Waals surface area (Å²) in [7, 11) is 0. The summed E-state index contributed by atoms with van der Waals surface area (Å²) >= 11 is 10.7. The van der Waals surface area contributed by atoms with Gasteiger partial charge in [-0.3, -0.25) is 0 Å². The minimum absolute atomic E-state index is 0.103. The van der Waals surface area contributed by atoms with Crippen LogP contribution in [-0.2, 0) is 11.3 Å². The molecule has 4 rings (SSSR count). The first-order chi connectivity index (χ1) is 12.7. The SMILES string of the molecule is O=C(OCc1csc(-c2ccccc2Cl)n1)c1csc(-c2cccs2)n1. The molecule has 8 heteroatoms. The van der Waals surface area contributed by atoms with E-state index in [4.69, 9.17) is 16.3 Å². The molecular weight excluding hydrogens is 408 g/mol. The van der Waals surface area contributed by atoms with Gasteiger partial charge in [0.25, 0.3) is 0 Å². The van der Waals surface area contributed by atoms with Crippen LogP contribution in [0.1, 0.15) is 16.2 Å². The highest BCUT2D eigenvalue weighted by Crippen LogP contribution is 2.30. The van der Waals surface area contributed by atoms with Gasteiger partial charge in [-0.25, -0.2) is 14.8 Å². The fourth-order valence-electron chi connectivity index (χ4n) is 2.23. The average molecular weight is 419 g/mol. The summed E-state index contributed by atoms with van der Waals surface area (Å²) in [5.74, 6) is -0.448. The topological polar surface area (TPSA) is 52.1 Å². The van der Waals surface area contributed by atoms with Crippen molar-refractivity contribution in [3.8, 4) is 20.5 Å². The lowest BCUT2D eigenvalue weighted by Gasteiger charge is -2.00. The van der Waals surface area contributed by atoms with Crippen molar-refractivity contribution in [2.75, 3.05) is 0 Å². The van der Waals surface area contributed by atoms with Gasteiger partial charge in [-0.2, -0.15) is 0 Å². The Hall–Kier alpha value is -2.06. The summed E-state index contributed by atoms with van der Waals surface area (Å²) < 4.78 is 5.34. The Balaban J connectivity index is 1.42. The van der Waals surface area contributed by atoms with E-state index in [1.807, 2.05) is 47.2 Å².